The highest BCUT2D eigenvalue weighted by molar-refractivity contribution is 7.89. The monoisotopic (exact) mass is 489 g/mol. The van der Waals surface area contributed by atoms with Crippen molar-refractivity contribution >= 4 is 32.7 Å². The van der Waals surface area contributed by atoms with Crippen LogP contribution in [-0.4, -0.2) is 67.7 Å². The molecule has 1 unspecified atom stereocenters. The van der Waals surface area contributed by atoms with Gasteiger partial charge in [0.15, 0.2) is 6.61 Å². The van der Waals surface area contributed by atoms with Gasteiger partial charge in [0.05, 0.1) is 24.8 Å². The Bertz CT molecular complexity index is 1290. The molecule has 1 fully saturated rings. The summed E-state index contributed by atoms with van der Waals surface area (Å²) in [5, 5.41) is 10.6. The van der Waals surface area contributed by atoms with Gasteiger partial charge in [-0.25, -0.2) is 8.42 Å². The van der Waals surface area contributed by atoms with Gasteiger partial charge in [0, 0.05) is 19.2 Å². The van der Waals surface area contributed by atoms with Crippen LogP contribution in [0.4, 0.5) is 5.69 Å². The minimum Gasteiger partial charge on any atom is -0.497 e. The zero-order valence-electron chi connectivity index (χ0n) is 19.2. The number of benzene rings is 2. The van der Waals surface area contributed by atoms with E-state index < -0.39 is 15.9 Å². The predicted molar refractivity (Wildman–Crippen MR) is 124 cm³/mol. The number of piperidine rings is 1. The van der Waals surface area contributed by atoms with Crippen molar-refractivity contribution in [1.82, 2.24) is 19.5 Å². The highest BCUT2D eigenvalue weighted by Crippen LogP contribution is 2.29. The van der Waals surface area contributed by atoms with Crippen molar-refractivity contribution in [3.63, 3.8) is 0 Å². The first kappa shape index (κ1) is 23.8. The van der Waals surface area contributed by atoms with Gasteiger partial charge in [-0.15, -0.1) is 5.10 Å². The average Bonchev–Trinajstić information content (AvgIpc) is 3.25. The predicted octanol–water partition coefficient (Wildman–Crippen LogP) is 1.94. The third-order valence-corrected chi connectivity index (χ3v) is 7.51. The number of sulfonamides is 1. The Morgan fingerprint density at radius 1 is 1.18 bits per heavy atom. The second kappa shape index (κ2) is 9.85. The molecule has 1 saturated heterocycles. The summed E-state index contributed by atoms with van der Waals surface area (Å²) in [4.78, 5) is 19.1. The fourth-order valence-electron chi connectivity index (χ4n) is 3.86. The molecule has 0 saturated carbocycles. The number of amides is 1. The first-order chi connectivity index (χ1) is 16.3. The molecule has 34 heavy (non-hydrogen) atoms. The first-order valence-corrected chi connectivity index (χ1v) is 12.3. The van der Waals surface area contributed by atoms with E-state index in [0.29, 0.717) is 47.2 Å². The van der Waals surface area contributed by atoms with Crippen LogP contribution in [0, 0.1) is 5.92 Å². The summed E-state index contributed by atoms with van der Waals surface area (Å²) in [6.45, 7) is 2.65. The third kappa shape index (κ3) is 4.92. The van der Waals surface area contributed by atoms with Crippen LogP contribution in [0.3, 0.4) is 0 Å². The summed E-state index contributed by atoms with van der Waals surface area (Å²) in [7, 11) is -0.642. The molecule has 0 bridgehead atoms. The second-order valence-corrected chi connectivity index (χ2v) is 10.0. The molecule has 1 atom stereocenters. The largest absolute Gasteiger partial charge is 0.497 e. The standard InChI is InChI=1S/C22H27N5O6S/c1-15-5-4-10-26(13-15)34(29,30)17-7-9-18-20(12-17)27(25-24-18)33-14-22(28)23-19-8-6-16(31-2)11-21(19)32-3/h6-9,11-12,15H,4-5,10,13-14H2,1-3H3,(H,23,28). The van der Waals surface area contributed by atoms with E-state index in [9.17, 15) is 13.2 Å². The molecule has 0 radical (unpaired) electrons. The van der Waals surface area contributed by atoms with E-state index in [2.05, 4.69) is 15.6 Å². The number of hydrogen-bond acceptors (Lipinski definition) is 8. The Morgan fingerprint density at radius 2 is 2.00 bits per heavy atom. The molecule has 12 heteroatoms. The van der Waals surface area contributed by atoms with Gasteiger partial charge in [-0.1, -0.05) is 11.8 Å². The Labute approximate surface area is 197 Å². The van der Waals surface area contributed by atoms with Crippen LogP contribution in [0.5, 0.6) is 11.5 Å². The van der Waals surface area contributed by atoms with Gasteiger partial charge in [-0.05, 0) is 54.3 Å². The second-order valence-electron chi connectivity index (χ2n) is 8.11. The lowest BCUT2D eigenvalue weighted by atomic mass is 10.0. The molecule has 2 heterocycles. The first-order valence-electron chi connectivity index (χ1n) is 10.8. The van der Waals surface area contributed by atoms with Crippen LogP contribution in [0.25, 0.3) is 11.0 Å². The van der Waals surface area contributed by atoms with Crippen LogP contribution >= 0.6 is 0 Å². The fourth-order valence-corrected chi connectivity index (χ4v) is 5.47. The number of hydrogen-bond donors (Lipinski definition) is 1. The molecular weight excluding hydrogens is 462 g/mol. The quantitative estimate of drug-likeness (QED) is 0.509. The number of ether oxygens (including phenoxy) is 2. The number of fused-ring (bicyclic) bond motifs is 1. The van der Waals surface area contributed by atoms with Gasteiger partial charge >= 0.3 is 0 Å². The van der Waals surface area contributed by atoms with Crippen LogP contribution in [-0.2, 0) is 14.8 Å². The van der Waals surface area contributed by atoms with E-state index in [4.69, 9.17) is 14.3 Å². The summed E-state index contributed by atoms with van der Waals surface area (Å²) in [5.74, 6) is 0.870. The van der Waals surface area contributed by atoms with Gasteiger partial charge in [0.2, 0.25) is 10.0 Å². The van der Waals surface area contributed by atoms with Crippen molar-refractivity contribution in [2.24, 2.45) is 5.92 Å². The van der Waals surface area contributed by atoms with Gasteiger partial charge in [-0.2, -0.15) is 4.31 Å². The van der Waals surface area contributed by atoms with Crippen LogP contribution in [0.2, 0.25) is 0 Å². The maximum absolute atomic E-state index is 13.1. The van der Waals surface area contributed by atoms with E-state index in [1.807, 2.05) is 6.92 Å². The summed E-state index contributed by atoms with van der Waals surface area (Å²) >= 11 is 0. The molecule has 0 spiro atoms. The summed E-state index contributed by atoms with van der Waals surface area (Å²) in [5.41, 5.74) is 1.24. The molecule has 1 aliphatic heterocycles. The van der Waals surface area contributed by atoms with Crippen molar-refractivity contribution in [2.45, 2.75) is 24.7 Å². The molecule has 4 rings (SSSR count). The Hall–Kier alpha value is -3.38. The number of carbonyl (C=O) groups is 1. The number of aromatic nitrogens is 3. The number of nitrogens with zero attached hydrogens (tertiary/aromatic N) is 4. The Kier molecular flexibility index (Phi) is 6.89. The molecule has 3 aromatic rings. The molecule has 1 N–H and O–H groups in total. The lowest BCUT2D eigenvalue weighted by Crippen LogP contribution is -2.39. The number of nitrogens with one attached hydrogen (secondary N) is 1. The fraction of sp³-hybridized carbons (Fsp3) is 0.409. The Balaban J connectivity index is 1.48. The molecule has 1 aromatic heterocycles. The Morgan fingerprint density at radius 3 is 2.74 bits per heavy atom. The molecule has 2 aromatic carbocycles. The van der Waals surface area contributed by atoms with E-state index in [1.54, 1.807) is 24.3 Å². The maximum Gasteiger partial charge on any atom is 0.265 e. The molecule has 0 aliphatic carbocycles. The van der Waals surface area contributed by atoms with Crippen LogP contribution < -0.4 is 19.6 Å². The normalized spacial score (nSPS) is 16.9. The number of carbonyl (C=O) groups excluding carboxylic acids is 1. The molecule has 11 nitrogen and oxygen atoms in total. The van der Waals surface area contributed by atoms with Crippen molar-refractivity contribution in [3.8, 4) is 11.5 Å². The highest BCUT2D eigenvalue weighted by Gasteiger charge is 2.29. The lowest BCUT2D eigenvalue weighted by Gasteiger charge is -2.30. The maximum atomic E-state index is 13.1. The summed E-state index contributed by atoms with van der Waals surface area (Å²) in [6.07, 6.45) is 1.85. The van der Waals surface area contributed by atoms with Gasteiger partial charge in [-0.3, -0.25) is 4.79 Å². The summed E-state index contributed by atoms with van der Waals surface area (Å²) in [6, 6.07) is 9.54. The number of rotatable bonds is 8. The topological polar surface area (TPSA) is 125 Å². The van der Waals surface area contributed by atoms with Crippen molar-refractivity contribution in [3.05, 3.63) is 36.4 Å². The van der Waals surface area contributed by atoms with E-state index in [1.165, 1.54) is 30.7 Å². The zero-order chi connectivity index (χ0) is 24.3. The zero-order valence-corrected chi connectivity index (χ0v) is 20.0. The van der Waals surface area contributed by atoms with Gasteiger partial charge in [0.1, 0.15) is 22.5 Å². The van der Waals surface area contributed by atoms with E-state index in [-0.39, 0.29) is 11.5 Å². The number of methoxy groups -OCH3 is 2. The van der Waals surface area contributed by atoms with Crippen molar-refractivity contribution in [2.75, 3.05) is 39.2 Å². The third-order valence-electron chi connectivity index (χ3n) is 5.64. The van der Waals surface area contributed by atoms with Crippen LogP contribution in [0.1, 0.15) is 19.8 Å². The van der Waals surface area contributed by atoms with Crippen molar-refractivity contribution < 1.29 is 27.5 Å². The van der Waals surface area contributed by atoms with E-state index >= 15 is 0 Å². The van der Waals surface area contributed by atoms with Gasteiger partial charge < -0.3 is 19.6 Å². The number of anilines is 1. The SMILES string of the molecule is COc1ccc(NC(=O)COn2nnc3ccc(S(=O)(=O)N4CCCC(C)C4)cc32)c(OC)c1. The molecule has 1 aliphatic rings. The molecule has 182 valence electrons. The molecular formula is C22H27N5O6S. The average molecular weight is 490 g/mol. The van der Waals surface area contributed by atoms with E-state index in [0.717, 1.165) is 17.7 Å². The highest BCUT2D eigenvalue weighted by atomic mass is 32.2. The molecule has 1 amide bonds. The minimum absolute atomic E-state index is 0.133. The smallest absolute Gasteiger partial charge is 0.265 e. The summed E-state index contributed by atoms with van der Waals surface area (Å²) < 4.78 is 38.2. The minimum atomic E-state index is -3.66. The van der Waals surface area contributed by atoms with Crippen LogP contribution in [0.15, 0.2) is 41.3 Å². The van der Waals surface area contributed by atoms with Gasteiger partial charge in [0.25, 0.3) is 5.91 Å². The lowest BCUT2D eigenvalue weighted by molar-refractivity contribution is -0.121. The van der Waals surface area contributed by atoms with Crippen molar-refractivity contribution in [1.29, 1.82) is 0 Å².